The van der Waals surface area contributed by atoms with Crippen molar-refractivity contribution in [2.24, 2.45) is 23.7 Å². The minimum Gasteiger partial charge on any atom is -0.463 e. The summed E-state index contributed by atoms with van der Waals surface area (Å²) in [4.78, 5) is 14.4. The van der Waals surface area contributed by atoms with Crippen molar-refractivity contribution in [1.29, 1.82) is 0 Å². The average Bonchev–Trinajstić information content (AvgIpc) is 4.37. The van der Waals surface area contributed by atoms with Crippen molar-refractivity contribution in [3.05, 3.63) is 48.0 Å². The standard InChI is InChI=1S/C61H86O19/c1-27-15-35-10-12-38-28(2)16-34(68-38)8-7-33-9-13-39(67-33)59-53(66)52(65)58-40(73-59)14-11-36(70-58)17-51(64)76-57-32(6)56-47(72-46(57)18-41(69-35)31(27)5)21-45-49(75-56)24-61(77-45)25-50-55(80-61)30(4)23-60(79-50)22-29(3)54-48(78-60)20-43-44(74-54)19-42(71-43)37(63)26-62/h9,13,27,29-30,32,34-38,40-50,52-59,62-63,65-66H,2,5,7-8,10-12,14-26H2,1,3-4,6H3/t27-,29+,30+,32+,34+,35+,36-,37?,38+,40+,41-,42?,43-,44-,45-,46+,47+,48+,49-,50+,52-,53+,54+,55+,56+,57-,58+,59-,60-,61+/m1/s1. The second-order valence-electron chi connectivity index (χ2n) is 26.9. The van der Waals surface area contributed by atoms with Gasteiger partial charge in [0.2, 0.25) is 0 Å². The van der Waals surface area contributed by atoms with E-state index in [9.17, 15) is 25.2 Å². The van der Waals surface area contributed by atoms with Gasteiger partial charge in [-0.15, -0.1) is 0 Å². The molecule has 80 heavy (non-hydrogen) atoms. The van der Waals surface area contributed by atoms with Gasteiger partial charge in [-0.1, -0.05) is 40.9 Å². The first-order valence-electron chi connectivity index (χ1n) is 30.7. The van der Waals surface area contributed by atoms with E-state index in [1.165, 1.54) is 0 Å². The van der Waals surface area contributed by atoms with Crippen LogP contribution < -0.4 is 0 Å². The van der Waals surface area contributed by atoms with Gasteiger partial charge in [-0.05, 0) is 86.0 Å². The maximum Gasteiger partial charge on any atom is 0.308 e. The molecule has 16 rings (SSSR count). The lowest BCUT2D eigenvalue weighted by Crippen LogP contribution is -2.62. The quantitative estimate of drug-likeness (QED) is 0.211. The number of ether oxygens (including phenoxy) is 13. The predicted molar refractivity (Wildman–Crippen MR) is 279 cm³/mol. The number of rotatable bonds is 2. The van der Waals surface area contributed by atoms with E-state index in [-0.39, 0.29) is 116 Å². The van der Waals surface area contributed by atoms with E-state index in [2.05, 4.69) is 40.9 Å². The number of aliphatic hydroxyl groups excluding tert-OH is 4. The molecule has 0 aromatic carbocycles. The monoisotopic (exact) mass is 1120 g/mol. The van der Waals surface area contributed by atoms with E-state index >= 15 is 0 Å². The summed E-state index contributed by atoms with van der Waals surface area (Å²) in [7, 11) is 0. The normalized spacial score (nSPS) is 53.5. The van der Waals surface area contributed by atoms with Gasteiger partial charge in [0.15, 0.2) is 11.6 Å². The smallest absolute Gasteiger partial charge is 0.308 e. The summed E-state index contributed by atoms with van der Waals surface area (Å²) >= 11 is 0. The van der Waals surface area contributed by atoms with Crippen LogP contribution in [0, 0.1) is 23.7 Å². The van der Waals surface area contributed by atoms with Gasteiger partial charge in [-0.3, -0.25) is 4.79 Å². The van der Waals surface area contributed by atoms with E-state index in [1.54, 1.807) is 0 Å². The van der Waals surface area contributed by atoms with Gasteiger partial charge in [-0.2, -0.15) is 0 Å². The van der Waals surface area contributed by atoms with Crippen molar-refractivity contribution in [3.63, 3.8) is 0 Å². The van der Waals surface area contributed by atoms with Gasteiger partial charge in [0.05, 0.1) is 123 Å². The molecular formula is C61H86O19. The molecule has 1 aromatic heterocycles. The van der Waals surface area contributed by atoms with Crippen LogP contribution in [0.15, 0.2) is 40.9 Å². The predicted octanol–water partition coefficient (Wildman–Crippen LogP) is 5.52. The molecule has 444 valence electrons. The second-order valence-corrected chi connectivity index (χ2v) is 26.9. The van der Waals surface area contributed by atoms with Gasteiger partial charge in [-0.25, -0.2) is 0 Å². The number of aliphatic hydroxyl groups is 4. The molecule has 30 atom stereocenters. The zero-order chi connectivity index (χ0) is 55.1. The van der Waals surface area contributed by atoms with Gasteiger partial charge < -0.3 is 86.4 Å². The van der Waals surface area contributed by atoms with Crippen LogP contribution in [0.1, 0.15) is 148 Å². The van der Waals surface area contributed by atoms with E-state index in [1.807, 2.05) is 12.1 Å². The second kappa shape index (κ2) is 21.5. The molecule has 0 radical (unpaired) electrons. The maximum absolute atomic E-state index is 14.4. The lowest BCUT2D eigenvalue weighted by Gasteiger charge is -2.54. The molecule has 2 spiro atoms. The number of carbonyl (C=O) groups is 1. The lowest BCUT2D eigenvalue weighted by atomic mass is 9.78. The van der Waals surface area contributed by atoms with E-state index in [0.717, 1.165) is 49.0 Å². The van der Waals surface area contributed by atoms with Crippen LogP contribution in [-0.2, 0) is 72.8 Å². The van der Waals surface area contributed by atoms with Crippen molar-refractivity contribution < 1.29 is 91.2 Å². The Morgan fingerprint density at radius 2 is 1.27 bits per heavy atom. The molecule has 19 heteroatoms. The highest BCUT2D eigenvalue weighted by molar-refractivity contribution is 5.70. The highest BCUT2D eigenvalue weighted by Gasteiger charge is 2.66. The van der Waals surface area contributed by atoms with Crippen molar-refractivity contribution in [3.8, 4) is 0 Å². The third-order valence-electron chi connectivity index (χ3n) is 21.2. The lowest BCUT2D eigenvalue weighted by molar-refractivity contribution is -0.369. The van der Waals surface area contributed by atoms with Gasteiger partial charge >= 0.3 is 5.97 Å². The molecule has 1 aromatic rings. The Balaban J connectivity index is 0.676. The number of furan rings is 1. The first-order valence-corrected chi connectivity index (χ1v) is 30.7. The van der Waals surface area contributed by atoms with Crippen molar-refractivity contribution in [2.75, 3.05) is 6.61 Å². The fourth-order valence-corrected chi connectivity index (χ4v) is 17.2. The molecule has 19 nitrogen and oxygen atoms in total. The van der Waals surface area contributed by atoms with E-state index in [4.69, 9.17) is 66.0 Å². The number of carbonyl (C=O) groups excluding carboxylic acids is 1. The van der Waals surface area contributed by atoms with Crippen LogP contribution in [0.3, 0.4) is 0 Å². The molecule has 15 aliphatic heterocycles. The summed E-state index contributed by atoms with van der Waals surface area (Å²) in [5.41, 5.74) is 2.08. The highest BCUT2D eigenvalue weighted by Crippen LogP contribution is 2.56. The Morgan fingerprint density at radius 3 is 2.11 bits per heavy atom. The fourth-order valence-electron chi connectivity index (χ4n) is 17.2. The van der Waals surface area contributed by atoms with Crippen LogP contribution in [0.4, 0.5) is 0 Å². The van der Waals surface area contributed by atoms with Crippen molar-refractivity contribution in [2.45, 2.75) is 295 Å². The third-order valence-corrected chi connectivity index (χ3v) is 21.2. The summed E-state index contributed by atoms with van der Waals surface area (Å²) in [6.45, 7) is 17.4. The Morgan fingerprint density at radius 1 is 0.575 bits per heavy atom. The zero-order valence-corrected chi connectivity index (χ0v) is 46.9. The number of hydrogen-bond acceptors (Lipinski definition) is 19. The molecule has 12 saturated heterocycles. The highest BCUT2D eigenvalue weighted by atomic mass is 16.8. The fraction of sp³-hybridized carbons (Fsp3) is 0.852. The zero-order valence-electron chi connectivity index (χ0n) is 46.9. The molecule has 10 bridgehead atoms. The van der Waals surface area contributed by atoms with Crippen molar-refractivity contribution >= 4 is 5.97 Å². The summed E-state index contributed by atoms with van der Waals surface area (Å²) in [5.74, 6) is -0.835. The molecule has 0 aliphatic carbocycles. The first-order chi connectivity index (χ1) is 38.5. The number of esters is 1. The van der Waals surface area contributed by atoms with Crippen LogP contribution in [0.25, 0.3) is 0 Å². The van der Waals surface area contributed by atoms with E-state index < -0.39 is 84.7 Å². The van der Waals surface area contributed by atoms with Crippen LogP contribution >= 0.6 is 0 Å². The van der Waals surface area contributed by atoms with Gasteiger partial charge in [0.25, 0.3) is 0 Å². The Hall–Kier alpha value is -2.41. The van der Waals surface area contributed by atoms with Gasteiger partial charge in [0, 0.05) is 63.7 Å². The molecule has 0 saturated carbocycles. The van der Waals surface area contributed by atoms with Gasteiger partial charge in [0.1, 0.15) is 48.1 Å². The summed E-state index contributed by atoms with van der Waals surface area (Å²) in [5, 5.41) is 43.0. The van der Waals surface area contributed by atoms with Crippen LogP contribution in [0.2, 0.25) is 0 Å². The molecule has 0 amide bonds. The minimum atomic E-state index is -1.31. The summed E-state index contributed by atoms with van der Waals surface area (Å²) in [6.07, 6.45) is -1.14. The number of aryl methyl sites for hydroxylation is 1. The largest absolute Gasteiger partial charge is 0.463 e. The minimum absolute atomic E-state index is 0.000959. The summed E-state index contributed by atoms with van der Waals surface area (Å²) < 4.78 is 94.6. The number of hydrogen-bond donors (Lipinski definition) is 4. The molecule has 15 aliphatic rings. The van der Waals surface area contributed by atoms with E-state index in [0.29, 0.717) is 76.4 Å². The SMILES string of the molecule is C=C1C[C@@H]2CCc3ccc(o3)[C@H]3O[C@H]4CC[C@H](CC(=O)O[C@@H]5[C@@H](C)[C@@H]6O[C@@H]7C[C@]8(C[C@@H]9O[C@]%10(C[C@H](C)[C@@H]%11O[C@@H]%12CC(C(O)CO)O[C@@H]%12C[C@@H]%11O%10)C[C@H](C)[C@@H]9O8)O[C@@H]7C[C@@H]6O[C@H]5C[C@H]5O[C@@H](CC[C@@H]1O2)C[C@@H](C)C5=C)O[C@@H]4[C@H](O)[C@@H]3O. The average molecular weight is 1120 g/mol. The Kier molecular flexibility index (Phi) is 14.9. The Bertz CT molecular complexity index is 2450. The van der Waals surface area contributed by atoms with Crippen molar-refractivity contribution in [1.82, 2.24) is 0 Å². The molecule has 16 heterocycles. The Labute approximate surface area is 468 Å². The topological polar surface area (TPSA) is 231 Å². The number of fused-ring (bicyclic) bond motifs is 7. The third kappa shape index (κ3) is 10.1. The molecule has 12 fully saturated rings. The molecule has 4 N–H and O–H groups in total. The summed E-state index contributed by atoms with van der Waals surface area (Å²) in [6, 6.07) is 3.71. The molecule has 2 unspecified atom stereocenters. The van der Waals surface area contributed by atoms with Crippen LogP contribution in [-0.4, -0.2) is 185 Å². The molecular weight excluding hydrogens is 1040 g/mol. The van der Waals surface area contributed by atoms with Crippen LogP contribution in [0.5, 0.6) is 0 Å². The maximum atomic E-state index is 14.4. The first kappa shape index (κ1) is 55.5.